The number of ether oxygens (including phenoxy) is 2. The van der Waals surface area contributed by atoms with E-state index in [0.717, 1.165) is 47.0 Å². The van der Waals surface area contributed by atoms with Gasteiger partial charge in [0.2, 0.25) is 0 Å². The Labute approximate surface area is 461 Å². The van der Waals surface area contributed by atoms with Crippen LogP contribution in [0.15, 0.2) is 60.8 Å². The third-order valence-corrected chi connectivity index (χ3v) is 11.8. The van der Waals surface area contributed by atoms with Gasteiger partial charge in [-0.25, -0.2) is 9.59 Å². The first-order chi connectivity index (χ1) is 36.3. The molecule has 3 aromatic rings. The number of aromatic amines is 1. The van der Waals surface area contributed by atoms with Crippen LogP contribution in [-0.4, -0.2) is 151 Å². The first-order valence-corrected chi connectivity index (χ1v) is 26.6. The van der Waals surface area contributed by atoms with Crippen LogP contribution in [0.2, 0.25) is 0 Å². The summed E-state index contributed by atoms with van der Waals surface area (Å²) in [5.74, 6) is -5.99. The number of carboxylic acid groups (broad SMARTS) is 5. The van der Waals surface area contributed by atoms with Crippen molar-refractivity contribution in [3.63, 3.8) is 0 Å². The highest BCUT2D eigenvalue weighted by molar-refractivity contribution is 7.98. The molecule has 0 aliphatic heterocycles. The number of rotatable bonds is 26. The highest BCUT2D eigenvalue weighted by Gasteiger charge is 2.28. The Morgan fingerprint density at radius 1 is 0.577 bits per heavy atom. The number of carboxylic acids is 5. The summed E-state index contributed by atoms with van der Waals surface area (Å²) in [7, 11) is 0. The molecule has 2 aromatic carbocycles. The highest BCUT2D eigenvalue weighted by Crippen LogP contribution is 2.19. The van der Waals surface area contributed by atoms with E-state index in [4.69, 9.17) is 86.6 Å². The number of H-pyrrole nitrogens is 1. The molecule has 444 valence electrons. The lowest BCUT2D eigenvalue weighted by atomic mass is 10.0. The van der Waals surface area contributed by atoms with E-state index >= 15 is 0 Å². The maximum absolute atomic E-state index is 12.0. The molecular formula is C52H90N10O15S. The van der Waals surface area contributed by atoms with Crippen LogP contribution in [0.3, 0.4) is 0 Å². The van der Waals surface area contributed by atoms with E-state index in [1.807, 2.05) is 94.7 Å². The summed E-state index contributed by atoms with van der Waals surface area (Å²) in [6.07, 6.45) is 7.46. The molecule has 0 unspecified atom stereocenters. The van der Waals surface area contributed by atoms with Gasteiger partial charge in [0.1, 0.15) is 54.4 Å². The van der Waals surface area contributed by atoms with Gasteiger partial charge < -0.3 is 91.6 Å². The number of nitrogens with two attached hydrogens (primary N) is 9. The Bertz CT molecular complexity index is 2210. The van der Waals surface area contributed by atoms with Crippen molar-refractivity contribution in [2.24, 2.45) is 69.4 Å². The Morgan fingerprint density at radius 2 is 1.09 bits per heavy atom. The van der Waals surface area contributed by atoms with Crippen molar-refractivity contribution < 1.29 is 73.4 Å². The lowest BCUT2D eigenvalue weighted by Crippen LogP contribution is -2.45. The summed E-state index contributed by atoms with van der Waals surface area (Å²) in [6.45, 7) is 13.2. The quantitative estimate of drug-likeness (QED) is 0.0308. The number of hydrogen-bond acceptors (Lipinski definition) is 20. The van der Waals surface area contributed by atoms with E-state index in [-0.39, 0.29) is 24.2 Å². The first kappa shape index (κ1) is 76.2. The fraction of sp³-hybridized carbons (Fsp3) is 0.577. The van der Waals surface area contributed by atoms with E-state index in [0.29, 0.717) is 32.2 Å². The lowest BCUT2D eigenvalue weighted by Gasteiger charge is -2.20. The second-order valence-electron chi connectivity index (χ2n) is 18.8. The van der Waals surface area contributed by atoms with Crippen LogP contribution < -0.4 is 51.6 Å². The van der Waals surface area contributed by atoms with E-state index in [9.17, 15) is 38.4 Å². The van der Waals surface area contributed by atoms with E-state index < -0.39 is 102 Å². The molecule has 0 fully saturated rings. The average molecular weight is 1130 g/mol. The zero-order valence-electron chi connectivity index (χ0n) is 46.2. The minimum absolute atomic E-state index is 0.0208. The molecule has 1 heterocycles. The monoisotopic (exact) mass is 1130 g/mol. The third-order valence-electron chi connectivity index (χ3n) is 11.1. The second-order valence-corrected chi connectivity index (χ2v) is 19.7. The van der Waals surface area contributed by atoms with Crippen LogP contribution in [0.1, 0.15) is 98.1 Å². The van der Waals surface area contributed by atoms with Gasteiger partial charge in [-0.05, 0) is 92.5 Å². The summed E-state index contributed by atoms with van der Waals surface area (Å²) >= 11 is 1.60. The van der Waals surface area contributed by atoms with Gasteiger partial charge in [-0.2, -0.15) is 11.8 Å². The molecule has 0 radical (unpaired) electrons. The number of unbranched alkanes of at least 4 members (excludes halogenated alkanes) is 1. The van der Waals surface area contributed by atoms with Gasteiger partial charge in [0.15, 0.2) is 0 Å². The third kappa shape index (κ3) is 35.4. The summed E-state index contributed by atoms with van der Waals surface area (Å²) in [5.41, 5.74) is 51.5. The molecule has 0 saturated carbocycles. The van der Waals surface area contributed by atoms with Crippen LogP contribution in [0.5, 0.6) is 0 Å². The Hall–Kier alpha value is -6.07. The molecule has 0 spiro atoms. The van der Waals surface area contributed by atoms with Crippen LogP contribution in [-0.2, 0) is 60.7 Å². The zero-order chi connectivity index (χ0) is 60.8. The molecule has 0 aliphatic carbocycles. The number of carbonyl (C=O) groups is 8. The van der Waals surface area contributed by atoms with Gasteiger partial charge in [-0.3, -0.25) is 28.8 Å². The van der Waals surface area contributed by atoms with Crippen molar-refractivity contribution in [3.8, 4) is 0 Å². The Morgan fingerprint density at radius 3 is 1.54 bits per heavy atom. The molecule has 0 bridgehead atoms. The van der Waals surface area contributed by atoms with Gasteiger partial charge in [0.05, 0.1) is 0 Å². The highest BCUT2D eigenvalue weighted by atomic mass is 32.2. The fourth-order valence-electron chi connectivity index (χ4n) is 5.74. The topological polar surface area (TPSA) is 506 Å². The average Bonchev–Trinajstić information content (AvgIpc) is 3.79. The molecule has 0 saturated heterocycles. The van der Waals surface area contributed by atoms with Crippen molar-refractivity contribution in [2.45, 2.75) is 154 Å². The maximum atomic E-state index is 12.0. The predicted octanol–water partition coefficient (Wildman–Crippen LogP) is 1.56. The fourth-order valence-corrected chi connectivity index (χ4v) is 6.23. The number of aromatic nitrogens is 1. The lowest BCUT2D eigenvalue weighted by molar-refractivity contribution is -0.162. The Balaban J connectivity index is -0.000000906. The largest absolute Gasteiger partial charge is 0.480 e. The van der Waals surface area contributed by atoms with Crippen LogP contribution in [0.4, 0.5) is 0 Å². The summed E-state index contributed by atoms with van der Waals surface area (Å²) in [6, 6.07) is 10.5. The number of benzene rings is 2. The normalized spacial score (nSPS) is 14.4. The standard InChI is InChI=1S/C17H23N3O3.C10H20N2O4.C9H11NO2.C6H14N2O2.C5H11NO2S.C5H11NO2/c1-3-10(2)15(19)17(22)23-16(21)13(18)8-11-9-20-14-7-5-4-6-12(11)14;1-5(2)4-7(11)10(15)16-6(3)8(12)9(13)14;10-8(9(11)12)6-7-4-2-1-3-5-7;7-4-2-1-3-5(8)6(9)10;1-9-3-2-4(6)5(7)8;1-3(2)4(6)5(7)8/h4-7,9-10,13,15,20H,3,8,18-19H2,1-2H3;5-8H,4,11-12H2,1-3H3,(H,13,14);1-5,8H,6,10H2,(H,11,12);5H,1-4,7-8H2,(H,9,10);4H,2-3,6H2,1H3,(H,7,8);3-4H,6H2,1-2H3,(H,7,8)/t10-,13-,15-;6-,7+,8+;8-;5-;2*4-/m010000/s1. The SMILES string of the molecule is CC(C)C[C@H](N)C(=O)O[C@H](C)[C@H](N)C(=O)O.CC(C)[C@H](N)C(=O)O.CC[C@H](C)[C@H](N)C(=O)OC(=O)[C@@H](N)Cc1c[nH]c2ccccc12.CSCC[C@H](N)C(=O)O.NCCCC[C@H](N)C(=O)O.N[C@@H](Cc1ccccc1)C(=O)O. The molecule has 25 nitrogen and oxygen atoms in total. The number of para-hydroxylation sites is 1. The summed E-state index contributed by atoms with van der Waals surface area (Å²) in [4.78, 5) is 89.5. The van der Waals surface area contributed by atoms with Gasteiger partial charge in [0.25, 0.3) is 0 Å². The number of esters is 3. The second kappa shape index (κ2) is 42.9. The number of hydrogen-bond donors (Lipinski definition) is 15. The number of thioether (sulfide) groups is 1. The minimum Gasteiger partial charge on any atom is -0.480 e. The van der Waals surface area contributed by atoms with E-state index in [1.54, 1.807) is 25.6 Å². The molecule has 3 rings (SSSR count). The van der Waals surface area contributed by atoms with Gasteiger partial charge in [-0.1, -0.05) is 103 Å². The summed E-state index contributed by atoms with van der Waals surface area (Å²) < 4.78 is 9.69. The predicted molar refractivity (Wildman–Crippen MR) is 300 cm³/mol. The van der Waals surface area contributed by atoms with Crippen molar-refractivity contribution in [1.29, 1.82) is 0 Å². The number of nitrogens with one attached hydrogen (secondary N) is 1. The maximum Gasteiger partial charge on any atom is 0.330 e. The molecule has 0 aliphatic rings. The molecule has 78 heavy (non-hydrogen) atoms. The molecule has 24 N–H and O–H groups in total. The molecule has 0 amide bonds. The van der Waals surface area contributed by atoms with Crippen molar-refractivity contribution in [3.05, 3.63) is 71.9 Å². The van der Waals surface area contributed by atoms with Crippen molar-refractivity contribution in [1.82, 2.24) is 4.98 Å². The van der Waals surface area contributed by atoms with Crippen LogP contribution >= 0.6 is 11.8 Å². The van der Waals surface area contributed by atoms with Gasteiger partial charge >= 0.3 is 47.8 Å². The van der Waals surface area contributed by atoms with Crippen molar-refractivity contribution in [2.75, 3.05) is 18.6 Å². The number of aliphatic carboxylic acids is 5. The smallest absolute Gasteiger partial charge is 0.330 e. The molecular weight excluding hydrogens is 1040 g/mol. The molecule has 26 heteroatoms. The first-order valence-electron chi connectivity index (χ1n) is 25.2. The molecule has 1 aromatic heterocycles. The Kier molecular flexibility index (Phi) is 41.9. The van der Waals surface area contributed by atoms with Crippen molar-refractivity contribution >= 4 is 70.4 Å². The zero-order valence-corrected chi connectivity index (χ0v) is 47.0. The number of fused-ring (bicyclic) bond motifs is 1. The summed E-state index contributed by atoms with van der Waals surface area (Å²) in [5, 5.41) is 42.9. The van der Waals surface area contributed by atoms with Gasteiger partial charge in [0, 0.05) is 23.5 Å². The minimum atomic E-state index is -1.23. The van der Waals surface area contributed by atoms with Crippen LogP contribution in [0, 0.1) is 17.8 Å². The van der Waals surface area contributed by atoms with Crippen LogP contribution in [0.25, 0.3) is 10.9 Å². The van der Waals surface area contributed by atoms with Gasteiger partial charge in [-0.15, -0.1) is 0 Å². The van der Waals surface area contributed by atoms with E-state index in [2.05, 4.69) is 4.98 Å². The molecule has 10 atom stereocenters. The number of carbonyl (C=O) groups excluding carboxylic acids is 3. The van der Waals surface area contributed by atoms with E-state index in [1.165, 1.54) is 6.92 Å².